The van der Waals surface area contributed by atoms with Crippen LogP contribution >= 0.6 is 0 Å². The van der Waals surface area contributed by atoms with Crippen LogP contribution in [0.4, 0.5) is 4.79 Å². The first-order valence-corrected chi connectivity index (χ1v) is 7.04. The molecule has 1 aliphatic carbocycles. The van der Waals surface area contributed by atoms with E-state index < -0.39 is 17.2 Å². The highest BCUT2D eigenvalue weighted by Crippen LogP contribution is 2.45. The number of nitrogens with zero attached hydrogens (tertiary/aromatic N) is 2. The van der Waals surface area contributed by atoms with Gasteiger partial charge in [-0.25, -0.2) is 4.79 Å². The van der Waals surface area contributed by atoms with Gasteiger partial charge in [-0.2, -0.15) is 0 Å². The Morgan fingerprint density at radius 1 is 1.35 bits per heavy atom. The molecule has 0 aromatic carbocycles. The second-order valence-electron chi connectivity index (χ2n) is 6.41. The third kappa shape index (κ3) is 2.78. The van der Waals surface area contributed by atoms with Gasteiger partial charge >= 0.3 is 6.09 Å². The molecule has 2 rings (SSSR count). The molecule has 6 nitrogen and oxygen atoms in total. The Labute approximate surface area is 119 Å². The summed E-state index contributed by atoms with van der Waals surface area (Å²) >= 11 is 0. The first-order valence-electron chi connectivity index (χ1n) is 7.04. The van der Waals surface area contributed by atoms with Crippen molar-refractivity contribution in [2.75, 3.05) is 19.6 Å². The van der Waals surface area contributed by atoms with Gasteiger partial charge in [0.2, 0.25) is 5.91 Å². The first kappa shape index (κ1) is 14.8. The average Bonchev–Trinajstić information content (AvgIpc) is 3.10. The van der Waals surface area contributed by atoms with E-state index in [9.17, 15) is 14.4 Å². The second-order valence-corrected chi connectivity index (χ2v) is 6.41. The van der Waals surface area contributed by atoms with Crippen LogP contribution < -0.4 is 0 Å². The summed E-state index contributed by atoms with van der Waals surface area (Å²) in [5.41, 5.74) is -1.27. The van der Waals surface area contributed by atoms with Gasteiger partial charge in [-0.3, -0.25) is 9.69 Å². The van der Waals surface area contributed by atoms with Gasteiger partial charge in [0.05, 0.1) is 0 Å². The van der Waals surface area contributed by atoms with Crippen molar-refractivity contribution >= 4 is 18.3 Å². The normalized spacial score (nSPS) is 21.1. The summed E-state index contributed by atoms with van der Waals surface area (Å²) in [6.07, 6.45) is 2.10. The van der Waals surface area contributed by atoms with E-state index in [-0.39, 0.29) is 5.91 Å². The molecule has 2 aliphatic rings. The Bertz CT molecular complexity index is 423. The number of amides is 2. The monoisotopic (exact) mass is 282 g/mol. The lowest BCUT2D eigenvalue weighted by Gasteiger charge is -2.41. The van der Waals surface area contributed by atoms with Crippen molar-refractivity contribution in [3.8, 4) is 0 Å². The van der Waals surface area contributed by atoms with Crippen molar-refractivity contribution in [1.82, 2.24) is 9.80 Å². The Morgan fingerprint density at radius 3 is 2.50 bits per heavy atom. The van der Waals surface area contributed by atoms with Crippen LogP contribution in [0.3, 0.4) is 0 Å². The second kappa shape index (κ2) is 5.07. The van der Waals surface area contributed by atoms with E-state index in [0.29, 0.717) is 38.9 Å². The summed E-state index contributed by atoms with van der Waals surface area (Å²) in [5.74, 6) is -0.0449. The van der Waals surface area contributed by atoms with Crippen LogP contribution in [-0.4, -0.2) is 58.9 Å². The molecule has 0 radical (unpaired) electrons. The third-order valence-corrected chi connectivity index (χ3v) is 3.65. The zero-order valence-electron chi connectivity index (χ0n) is 12.3. The van der Waals surface area contributed by atoms with E-state index in [1.807, 2.05) is 20.8 Å². The maximum atomic E-state index is 12.5. The number of hydrogen-bond donors (Lipinski definition) is 0. The summed E-state index contributed by atoms with van der Waals surface area (Å²) in [6, 6.07) is 0. The zero-order chi connectivity index (χ0) is 15.0. The SMILES string of the molecule is CC(C)(C)OC(=O)N1CCN(CCC=O)C(=O)C12CC2. The number of hydrogen-bond acceptors (Lipinski definition) is 4. The number of rotatable bonds is 3. The summed E-state index contributed by atoms with van der Waals surface area (Å²) < 4.78 is 5.38. The van der Waals surface area contributed by atoms with Gasteiger partial charge in [0.15, 0.2) is 0 Å². The number of piperazine rings is 1. The highest BCUT2D eigenvalue weighted by molar-refractivity contribution is 5.94. The van der Waals surface area contributed by atoms with Crippen LogP contribution in [0.15, 0.2) is 0 Å². The van der Waals surface area contributed by atoms with Crippen LogP contribution in [0, 0.1) is 0 Å². The molecular formula is C14H22N2O4. The van der Waals surface area contributed by atoms with Crippen LogP contribution in [-0.2, 0) is 14.3 Å². The Morgan fingerprint density at radius 2 is 2.00 bits per heavy atom. The fraction of sp³-hybridized carbons (Fsp3) is 0.786. The molecule has 0 atom stereocenters. The first-order chi connectivity index (χ1) is 9.30. The van der Waals surface area contributed by atoms with Crippen LogP contribution in [0.5, 0.6) is 0 Å². The summed E-state index contributed by atoms with van der Waals surface area (Å²) in [4.78, 5) is 38.4. The molecule has 6 heteroatoms. The molecule has 1 spiro atoms. The summed E-state index contributed by atoms with van der Waals surface area (Å²) in [6.45, 7) is 6.81. The molecule has 20 heavy (non-hydrogen) atoms. The van der Waals surface area contributed by atoms with Crippen LogP contribution in [0.25, 0.3) is 0 Å². The molecule has 1 aliphatic heterocycles. The largest absolute Gasteiger partial charge is 0.444 e. The predicted molar refractivity (Wildman–Crippen MR) is 72.2 cm³/mol. The molecule has 112 valence electrons. The fourth-order valence-corrected chi connectivity index (χ4v) is 2.55. The van der Waals surface area contributed by atoms with Crippen LogP contribution in [0.1, 0.15) is 40.0 Å². The molecule has 2 fully saturated rings. The lowest BCUT2D eigenvalue weighted by Crippen LogP contribution is -2.61. The summed E-state index contributed by atoms with van der Waals surface area (Å²) in [7, 11) is 0. The van der Waals surface area contributed by atoms with E-state index in [4.69, 9.17) is 4.74 Å². The quantitative estimate of drug-likeness (QED) is 0.729. The molecule has 1 saturated heterocycles. The predicted octanol–water partition coefficient (Wildman–Crippen LogP) is 1.19. The molecule has 0 aromatic heterocycles. The van der Waals surface area contributed by atoms with Gasteiger partial charge in [-0.15, -0.1) is 0 Å². The van der Waals surface area contributed by atoms with Gasteiger partial charge in [0.1, 0.15) is 17.4 Å². The number of carbonyl (C=O) groups is 3. The molecule has 0 bridgehead atoms. The van der Waals surface area contributed by atoms with Crippen molar-refractivity contribution in [2.24, 2.45) is 0 Å². The third-order valence-electron chi connectivity index (χ3n) is 3.65. The van der Waals surface area contributed by atoms with Gasteiger partial charge in [0, 0.05) is 26.1 Å². The topological polar surface area (TPSA) is 66.9 Å². The van der Waals surface area contributed by atoms with E-state index in [1.165, 1.54) is 0 Å². The Hall–Kier alpha value is -1.59. The van der Waals surface area contributed by atoms with Gasteiger partial charge in [-0.1, -0.05) is 0 Å². The smallest absolute Gasteiger partial charge is 0.411 e. The number of carbonyl (C=O) groups excluding carboxylic acids is 3. The maximum Gasteiger partial charge on any atom is 0.411 e. The molecule has 1 saturated carbocycles. The minimum atomic E-state index is -0.705. The fourth-order valence-electron chi connectivity index (χ4n) is 2.55. The molecule has 0 aromatic rings. The van der Waals surface area contributed by atoms with Gasteiger partial charge in [-0.05, 0) is 33.6 Å². The Kier molecular flexibility index (Phi) is 3.75. The van der Waals surface area contributed by atoms with Crippen molar-refractivity contribution in [1.29, 1.82) is 0 Å². The number of aldehydes is 1. The summed E-state index contributed by atoms with van der Waals surface area (Å²) in [5, 5.41) is 0. The number of ether oxygens (including phenoxy) is 1. The van der Waals surface area contributed by atoms with E-state index in [0.717, 1.165) is 6.29 Å². The van der Waals surface area contributed by atoms with Gasteiger partial charge in [0.25, 0.3) is 0 Å². The average molecular weight is 282 g/mol. The lowest BCUT2D eigenvalue weighted by molar-refractivity contribution is -0.143. The van der Waals surface area contributed by atoms with Crippen molar-refractivity contribution in [3.05, 3.63) is 0 Å². The minimum absolute atomic E-state index is 0.0449. The van der Waals surface area contributed by atoms with E-state index in [2.05, 4.69) is 0 Å². The van der Waals surface area contributed by atoms with Crippen molar-refractivity contribution in [3.63, 3.8) is 0 Å². The van der Waals surface area contributed by atoms with E-state index >= 15 is 0 Å². The van der Waals surface area contributed by atoms with Crippen molar-refractivity contribution in [2.45, 2.75) is 51.2 Å². The molecule has 0 N–H and O–H groups in total. The van der Waals surface area contributed by atoms with Crippen molar-refractivity contribution < 1.29 is 19.1 Å². The highest BCUT2D eigenvalue weighted by atomic mass is 16.6. The van der Waals surface area contributed by atoms with Gasteiger partial charge < -0.3 is 14.4 Å². The van der Waals surface area contributed by atoms with Crippen LogP contribution in [0.2, 0.25) is 0 Å². The zero-order valence-corrected chi connectivity index (χ0v) is 12.3. The lowest BCUT2D eigenvalue weighted by atomic mass is 10.1. The highest BCUT2D eigenvalue weighted by Gasteiger charge is 2.60. The minimum Gasteiger partial charge on any atom is -0.444 e. The standard InChI is InChI=1S/C14H22N2O4/c1-13(2,3)20-12(19)16-9-8-15(7-4-10-17)11(18)14(16)5-6-14/h10H,4-9H2,1-3H3. The molecule has 2 amide bonds. The van der Waals surface area contributed by atoms with E-state index in [1.54, 1.807) is 9.80 Å². The maximum absolute atomic E-state index is 12.5. The Balaban J connectivity index is 2.06. The molecule has 0 unspecified atom stereocenters. The molecular weight excluding hydrogens is 260 g/mol. The molecule has 1 heterocycles.